The summed E-state index contributed by atoms with van der Waals surface area (Å²) >= 11 is 3.14. The van der Waals surface area contributed by atoms with Crippen molar-refractivity contribution in [1.82, 2.24) is 4.90 Å². The topological polar surface area (TPSA) is 57.6 Å². The van der Waals surface area contributed by atoms with Gasteiger partial charge in [-0.15, -0.1) is 0 Å². The van der Waals surface area contributed by atoms with E-state index in [1.54, 1.807) is 6.92 Å². The molecule has 2 unspecified atom stereocenters. The minimum absolute atomic E-state index is 0.227. The SMILES string of the molecule is CC1C(C(=O)O)CCN1C(=O)c1cc(F)cc(Br)c1. The van der Waals surface area contributed by atoms with Crippen LogP contribution in [0.1, 0.15) is 23.7 Å². The van der Waals surface area contributed by atoms with Crippen LogP contribution in [0.15, 0.2) is 22.7 Å². The van der Waals surface area contributed by atoms with Gasteiger partial charge in [0.25, 0.3) is 5.91 Å². The summed E-state index contributed by atoms with van der Waals surface area (Å²) in [6.45, 7) is 2.09. The lowest BCUT2D eigenvalue weighted by Gasteiger charge is -2.23. The molecule has 2 atom stereocenters. The maximum atomic E-state index is 13.3. The van der Waals surface area contributed by atoms with Crippen molar-refractivity contribution in [3.8, 4) is 0 Å². The van der Waals surface area contributed by atoms with E-state index >= 15 is 0 Å². The monoisotopic (exact) mass is 329 g/mol. The molecule has 0 radical (unpaired) electrons. The number of nitrogens with zero attached hydrogens (tertiary/aromatic N) is 1. The number of carbonyl (C=O) groups is 2. The maximum Gasteiger partial charge on any atom is 0.308 e. The summed E-state index contributed by atoms with van der Waals surface area (Å²) in [6, 6.07) is 3.58. The second kappa shape index (κ2) is 5.28. The number of aliphatic carboxylic acids is 1. The van der Waals surface area contributed by atoms with E-state index in [0.29, 0.717) is 17.4 Å². The minimum Gasteiger partial charge on any atom is -0.481 e. The molecule has 6 heteroatoms. The molecule has 0 saturated carbocycles. The van der Waals surface area contributed by atoms with Gasteiger partial charge in [-0.1, -0.05) is 15.9 Å². The zero-order chi connectivity index (χ0) is 14.2. The van der Waals surface area contributed by atoms with E-state index in [1.165, 1.54) is 17.0 Å². The molecule has 2 rings (SSSR count). The van der Waals surface area contributed by atoms with Crippen LogP contribution >= 0.6 is 15.9 Å². The van der Waals surface area contributed by atoms with E-state index in [9.17, 15) is 14.0 Å². The second-order valence-electron chi connectivity index (χ2n) is 4.63. The highest BCUT2D eigenvalue weighted by molar-refractivity contribution is 9.10. The van der Waals surface area contributed by atoms with Crippen molar-refractivity contribution in [3.05, 3.63) is 34.1 Å². The van der Waals surface area contributed by atoms with Crippen molar-refractivity contribution >= 4 is 27.8 Å². The Labute approximate surface area is 118 Å². The number of halogens is 2. The lowest BCUT2D eigenvalue weighted by Crippen LogP contribution is -2.37. The van der Waals surface area contributed by atoms with Gasteiger partial charge in [0.2, 0.25) is 0 Å². The molecule has 0 aromatic heterocycles. The Bertz CT molecular complexity index is 514. The molecule has 4 nitrogen and oxygen atoms in total. The molecule has 1 N–H and O–H groups in total. The van der Waals surface area contributed by atoms with Crippen LogP contribution in [0.5, 0.6) is 0 Å². The highest BCUT2D eigenvalue weighted by atomic mass is 79.9. The first kappa shape index (κ1) is 14.0. The first-order valence-corrected chi connectivity index (χ1v) is 6.69. The maximum absolute atomic E-state index is 13.3. The van der Waals surface area contributed by atoms with E-state index in [1.807, 2.05) is 0 Å². The van der Waals surface area contributed by atoms with Gasteiger partial charge in [0.05, 0.1) is 5.92 Å². The Hall–Kier alpha value is -1.43. The number of amides is 1. The van der Waals surface area contributed by atoms with Crippen LogP contribution < -0.4 is 0 Å². The van der Waals surface area contributed by atoms with Gasteiger partial charge in [-0.3, -0.25) is 9.59 Å². The van der Waals surface area contributed by atoms with Gasteiger partial charge in [0, 0.05) is 22.6 Å². The van der Waals surface area contributed by atoms with E-state index in [0.717, 1.165) is 6.07 Å². The fraction of sp³-hybridized carbons (Fsp3) is 0.385. The average Bonchev–Trinajstić information content (AvgIpc) is 2.69. The fourth-order valence-electron chi connectivity index (χ4n) is 2.40. The fourth-order valence-corrected chi connectivity index (χ4v) is 2.86. The Morgan fingerprint density at radius 3 is 2.63 bits per heavy atom. The summed E-state index contributed by atoms with van der Waals surface area (Å²) in [4.78, 5) is 24.8. The van der Waals surface area contributed by atoms with Crippen LogP contribution in [0.2, 0.25) is 0 Å². The number of carboxylic acid groups (broad SMARTS) is 1. The first-order valence-electron chi connectivity index (χ1n) is 5.90. The molecule has 19 heavy (non-hydrogen) atoms. The van der Waals surface area contributed by atoms with Gasteiger partial charge in [-0.05, 0) is 31.5 Å². The largest absolute Gasteiger partial charge is 0.481 e. The minimum atomic E-state index is -0.900. The molecular weight excluding hydrogens is 317 g/mol. The summed E-state index contributed by atoms with van der Waals surface area (Å²) in [5, 5.41) is 9.04. The summed E-state index contributed by atoms with van der Waals surface area (Å²) in [7, 11) is 0. The molecular formula is C13H13BrFNO3. The smallest absolute Gasteiger partial charge is 0.308 e. The van der Waals surface area contributed by atoms with E-state index in [2.05, 4.69) is 15.9 Å². The molecule has 0 spiro atoms. The normalized spacial score (nSPS) is 22.6. The molecule has 0 bridgehead atoms. The van der Waals surface area contributed by atoms with E-state index in [-0.39, 0.29) is 17.5 Å². The van der Waals surface area contributed by atoms with Crippen LogP contribution in [0, 0.1) is 11.7 Å². The van der Waals surface area contributed by atoms with Crippen molar-refractivity contribution < 1.29 is 19.1 Å². The average molecular weight is 330 g/mol. The lowest BCUT2D eigenvalue weighted by molar-refractivity contribution is -0.142. The third-order valence-electron chi connectivity index (χ3n) is 3.44. The molecule has 1 fully saturated rings. The Morgan fingerprint density at radius 1 is 1.42 bits per heavy atom. The molecule has 1 aliphatic rings. The number of carbonyl (C=O) groups excluding carboxylic acids is 1. The van der Waals surface area contributed by atoms with Gasteiger partial charge in [-0.2, -0.15) is 0 Å². The molecule has 0 aliphatic carbocycles. The number of carboxylic acids is 1. The first-order chi connectivity index (χ1) is 8.90. The summed E-state index contributed by atoms with van der Waals surface area (Å²) in [5.74, 6) is -2.29. The molecule has 1 saturated heterocycles. The summed E-state index contributed by atoms with van der Waals surface area (Å²) in [6.07, 6.45) is 0.429. The van der Waals surface area contributed by atoms with E-state index < -0.39 is 17.7 Å². The Balaban J connectivity index is 2.23. The van der Waals surface area contributed by atoms with Gasteiger partial charge in [-0.25, -0.2) is 4.39 Å². The predicted octanol–water partition coefficient (Wildman–Crippen LogP) is 2.52. The van der Waals surface area contributed by atoms with Crippen LogP contribution in [-0.4, -0.2) is 34.5 Å². The van der Waals surface area contributed by atoms with Gasteiger partial charge in [0.1, 0.15) is 5.82 Å². The summed E-state index contributed by atoms with van der Waals surface area (Å²) in [5.41, 5.74) is 0.227. The van der Waals surface area contributed by atoms with Crippen molar-refractivity contribution in [2.24, 2.45) is 5.92 Å². The van der Waals surface area contributed by atoms with Crippen LogP contribution in [-0.2, 0) is 4.79 Å². The standard InChI is InChI=1S/C13H13BrFNO3/c1-7-11(13(18)19)2-3-16(7)12(17)8-4-9(14)6-10(15)5-8/h4-7,11H,2-3H2,1H3,(H,18,19). The zero-order valence-corrected chi connectivity index (χ0v) is 11.9. The van der Waals surface area contributed by atoms with Crippen molar-refractivity contribution in [1.29, 1.82) is 0 Å². The Morgan fingerprint density at radius 2 is 2.11 bits per heavy atom. The van der Waals surface area contributed by atoms with Crippen LogP contribution in [0.4, 0.5) is 4.39 Å². The second-order valence-corrected chi connectivity index (χ2v) is 5.55. The van der Waals surface area contributed by atoms with Gasteiger partial charge >= 0.3 is 5.97 Å². The van der Waals surface area contributed by atoms with Gasteiger partial charge in [0.15, 0.2) is 0 Å². The third kappa shape index (κ3) is 2.78. The third-order valence-corrected chi connectivity index (χ3v) is 3.90. The number of benzene rings is 1. The lowest BCUT2D eigenvalue weighted by atomic mass is 10.0. The van der Waals surface area contributed by atoms with Crippen molar-refractivity contribution in [3.63, 3.8) is 0 Å². The van der Waals surface area contributed by atoms with Gasteiger partial charge < -0.3 is 10.0 Å². The number of rotatable bonds is 2. The number of hydrogen-bond acceptors (Lipinski definition) is 2. The summed E-state index contributed by atoms with van der Waals surface area (Å²) < 4.78 is 13.8. The quantitative estimate of drug-likeness (QED) is 0.907. The zero-order valence-electron chi connectivity index (χ0n) is 10.3. The molecule has 1 aromatic rings. The van der Waals surface area contributed by atoms with E-state index in [4.69, 9.17) is 5.11 Å². The number of likely N-dealkylation sites (tertiary alicyclic amines) is 1. The molecule has 1 amide bonds. The van der Waals surface area contributed by atoms with Crippen LogP contribution in [0.3, 0.4) is 0 Å². The molecule has 1 heterocycles. The van der Waals surface area contributed by atoms with Crippen molar-refractivity contribution in [2.75, 3.05) is 6.54 Å². The molecule has 1 aromatic carbocycles. The Kier molecular flexibility index (Phi) is 3.89. The molecule has 102 valence electrons. The molecule has 1 aliphatic heterocycles. The predicted molar refractivity (Wildman–Crippen MR) is 70.3 cm³/mol. The highest BCUT2D eigenvalue weighted by Crippen LogP contribution is 2.27. The highest BCUT2D eigenvalue weighted by Gasteiger charge is 2.38. The number of hydrogen-bond donors (Lipinski definition) is 1. The van der Waals surface area contributed by atoms with Crippen molar-refractivity contribution in [2.45, 2.75) is 19.4 Å². The van der Waals surface area contributed by atoms with Crippen LogP contribution in [0.25, 0.3) is 0 Å².